The van der Waals surface area contributed by atoms with Crippen molar-refractivity contribution in [2.75, 3.05) is 32.1 Å². The van der Waals surface area contributed by atoms with Gasteiger partial charge in [-0.3, -0.25) is 4.79 Å². The maximum Gasteiger partial charge on any atom is 0.261 e. The molecule has 3 N–H and O–H groups in total. The number of nitrogens with zero attached hydrogens (tertiary/aromatic N) is 2. The van der Waals surface area contributed by atoms with Crippen molar-refractivity contribution in [3.05, 3.63) is 10.9 Å². The summed E-state index contributed by atoms with van der Waals surface area (Å²) in [6.07, 6.45) is 1.86. The van der Waals surface area contributed by atoms with Gasteiger partial charge in [0.25, 0.3) is 5.91 Å². The number of anilines is 1. The zero-order chi connectivity index (χ0) is 13.8. The molecular formula is C12H20Cl2N4OS2. The van der Waals surface area contributed by atoms with Gasteiger partial charge in [-0.15, -0.1) is 36.2 Å². The molecular weight excluding hydrogens is 351 g/mol. The third kappa shape index (κ3) is 5.27. The Balaban J connectivity index is 0.00000200. The van der Waals surface area contributed by atoms with E-state index >= 15 is 0 Å². The van der Waals surface area contributed by atoms with E-state index in [1.54, 1.807) is 11.3 Å². The molecule has 5 nitrogen and oxygen atoms in total. The zero-order valence-electron chi connectivity index (χ0n) is 11.9. The minimum atomic E-state index is -0.0152. The topological polar surface area (TPSA) is 71.2 Å². The van der Waals surface area contributed by atoms with Crippen LogP contribution >= 0.6 is 47.5 Å². The number of carbonyl (C=O) groups excluding carboxylic acids is 1. The van der Waals surface area contributed by atoms with Crippen molar-refractivity contribution in [1.82, 2.24) is 10.3 Å². The van der Waals surface area contributed by atoms with E-state index in [9.17, 15) is 4.79 Å². The first kappa shape index (κ1) is 20.4. The van der Waals surface area contributed by atoms with Crippen LogP contribution in [-0.4, -0.2) is 38.1 Å². The van der Waals surface area contributed by atoms with E-state index in [0.717, 1.165) is 32.4 Å². The third-order valence-electron chi connectivity index (χ3n) is 2.60. The van der Waals surface area contributed by atoms with E-state index in [0.29, 0.717) is 13.1 Å². The number of amides is 1. The quantitative estimate of drug-likeness (QED) is 0.766. The molecule has 0 spiro atoms. The summed E-state index contributed by atoms with van der Waals surface area (Å²) in [5.41, 5.74) is 5.41. The van der Waals surface area contributed by atoms with Crippen LogP contribution in [-0.2, 0) is 0 Å². The Morgan fingerprint density at radius 3 is 2.62 bits per heavy atom. The minimum Gasteiger partial charge on any atom is -0.354 e. The Labute approximate surface area is 144 Å². The number of unbranched alkanes of at least 4 members (excludes halogenated alkanes) is 1. The molecule has 0 saturated carbocycles. The Hall–Kier alpha value is -0.600. The van der Waals surface area contributed by atoms with Gasteiger partial charge in [-0.2, -0.15) is 0 Å². The largest absolute Gasteiger partial charge is 0.354 e. The van der Waals surface area contributed by atoms with E-state index in [2.05, 4.69) is 10.3 Å². The van der Waals surface area contributed by atoms with Gasteiger partial charge in [0.15, 0.2) is 5.13 Å². The van der Waals surface area contributed by atoms with Crippen LogP contribution in [0.2, 0.25) is 0 Å². The number of nitrogens with two attached hydrogens (primary N) is 1. The molecule has 9 heteroatoms. The number of halogens is 2. The lowest BCUT2D eigenvalue weighted by Gasteiger charge is -2.05. The van der Waals surface area contributed by atoms with Crippen LogP contribution in [0.3, 0.4) is 0 Å². The standard InChI is InChI=1S/C12H18N4OS2.2ClH/c1-16(2)12-15-11-9(19-12)7-8(18-11)10(17)14-6-4-3-5-13;;/h7H,3-6,13H2,1-2H3,(H,14,17);2*1H. The summed E-state index contributed by atoms with van der Waals surface area (Å²) in [6, 6.07) is 1.92. The lowest BCUT2D eigenvalue weighted by molar-refractivity contribution is 0.0957. The number of nitrogens with one attached hydrogen (secondary N) is 1. The van der Waals surface area contributed by atoms with Gasteiger partial charge in [-0.25, -0.2) is 4.98 Å². The van der Waals surface area contributed by atoms with Crippen molar-refractivity contribution in [3.8, 4) is 0 Å². The summed E-state index contributed by atoms with van der Waals surface area (Å²) in [7, 11) is 3.93. The van der Waals surface area contributed by atoms with Crippen molar-refractivity contribution in [3.63, 3.8) is 0 Å². The number of hydrogen-bond acceptors (Lipinski definition) is 6. The molecule has 0 aliphatic rings. The molecule has 21 heavy (non-hydrogen) atoms. The van der Waals surface area contributed by atoms with Gasteiger partial charge in [0.2, 0.25) is 0 Å². The Morgan fingerprint density at radius 1 is 1.33 bits per heavy atom. The van der Waals surface area contributed by atoms with E-state index in [1.165, 1.54) is 11.3 Å². The summed E-state index contributed by atoms with van der Waals surface area (Å²) in [4.78, 5) is 20.1. The van der Waals surface area contributed by atoms with Crippen LogP contribution in [0.25, 0.3) is 9.53 Å². The average Bonchev–Trinajstić information content (AvgIpc) is 2.92. The van der Waals surface area contributed by atoms with Gasteiger partial charge in [-0.05, 0) is 25.5 Å². The number of aromatic nitrogens is 1. The highest BCUT2D eigenvalue weighted by atomic mass is 35.5. The Bertz CT molecular complexity index is 539. The summed E-state index contributed by atoms with van der Waals surface area (Å²) in [6.45, 7) is 1.35. The van der Waals surface area contributed by atoms with E-state index in [4.69, 9.17) is 5.73 Å². The molecule has 2 rings (SSSR count). The van der Waals surface area contributed by atoms with E-state index < -0.39 is 0 Å². The minimum absolute atomic E-state index is 0. The molecule has 0 fully saturated rings. The van der Waals surface area contributed by atoms with Crippen molar-refractivity contribution < 1.29 is 4.79 Å². The van der Waals surface area contributed by atoms with Crippen molar-refractivity contribution in [1.29, 1.82) is 0 Å². The second-order valence-electron chi connectivity index (χ2n) is 4.42. The molecule has 2 heterocycles. The molecule has 0 aliphatic carbocycles. The second-order valence-corrected chi connectivity index (χ2v) is 6.46. The van der Waals surface area contributed by atoms with Crippen molar-refractivity contribution >= 4 is 68.1 Å². The predicted molar refractivity (Wildman–Crippen MR) is 96.9 cm³/mol. The molecule has 1 amide bonds. The maximum absolute atomic E-state index is 11.9. The highest BCUT2D eigenvalue weighted by molar-refractivity contribution is 7.29. The van der Waals surface area contributed by atoms with Crippen molar-refractivity contribution in [2.45, 2.75) is 12.8 Å². The van der Waals surface area contributed by atoms with Crippen molar-refractivity contribution in [2.24, 2.45) is 5.73 Å². The average molecular weight is 371 g/mol. The first-order chi connectivity index (χ1) is 9.11. The molecule has 0 aliphatic heterocycles. The molecule has 0 bridgehead atoms. The molecule has 120 valence electrons. The smallest absolute Gasteiger partial charge is 0.261 e. The number of rotatable bonds is 6. The lowest BCUT2D eigenvalue weighted by atomic mass is 10.3. The number of thiazole rings is 1. The number of fused-ring (bicyclic) bond motifs is 1. The van der Waals surface area contributed by atoms with Gasteiger partial charge < -0.3 is 16.0 Å². The first-order valence-corrected chi connectivity index (χ1v) is 7.81. The first-order valence-electron chi connectivity index (χ1n) is 6.18. The zero-order valence-corrected chi connectivity index (χ0v) is 15.2. The molecule has 2 aromatic rings. The van der Waals surface area contributed by atoms with Crippen LogP contribution in [0.4, 0.5) is 5.13 Å². The second kappa shape index (κ2) is 9.42. The van der Waals surface area contributed by atoms with Gasteiger partial charge in [0.05, 0.1) is 9.58 Å². The Kier molecular flexibility index (Phi) is 9.15. The Morgan fingerprint density at radius 2 is 2.05 bits per heavy atom. The normalized spacial score (nSPS) is 9.86. The summed E-state index contributed by atoms with van der Waals surface area (Å²) < 4.78 is 1.07. The fourth-order valence-electron chi connectivity index (χ4n) is 1.59. The SMILES string of the molecule is CN(C)c1nc2sc(C(=O)NCCCCN)cc2s1.Cl.Cl. The monoisotopic (exact) mass is 370 g/mol. The molecule has 0 unspecified atom stereocenters. The summed E-state index contributed by atoms with van der Waals surface area (Å²) >= 11 is 3.05. The van der Waals surface area contributed by atoms with Gasteiger partial charge in [-0.1, -0.05) is 11.3 Å². The fourth-order valence-corrected chi connectivity index (χ4v) is 3.64. The number of carbonyl (C=O) groups is 1. The maximum atomic E-state index is 11.9. The van der Waals surface area contributed by atoms with Gasteiger partial charge in [0.1, 0.15) is 4.83 Å². The fraction of sp³-hybridized carbons (Fsp3) is 0.500. The van der Waals surface area contributed by atoms with E-state index in [-0.39, 0.29) is 30.7 Å². The van der Waals surface area contributed by atoms with Crippen LogP contribution < -0.4 is 16.0 Å². The summed E-state index contributed by atoms with van der Waals surface area (Å²) in [5.74, 6) is -0.0152. The van der Waals surface area contributed by atoms with Gasteiger partial charge in [0, 0.05) is 20.6 Å². The third-order valence-corrected chi connectivity index (χ3v) is 4.93. The number of hydrogen-bond donors (Lipinski definition) is 2. The van der Waals surface area contributed by atoms with Crippen LogP contribution in [0.1, 0.15) is 22.5 Å². The predicted octanol–water partition coefficient (Wildman–Crippen LogP) is 2.74. The van der Waals surface area contributed by atoms with Crippen LogP contribution in [0.15, 0.2) is 6.07 Å². The molecule has 0 aromatic carbocycles. The summed E-state index contributed by atoms with van der Waals surface area (Å²) in [5, 5.41) is 3.87. The van der Waals surface area contributed by atoms with E-state index in [1.807, 2.05) is 25.1 Å². The van der Waals surface area contributed by atoms with Crippen LogP contribution in [0.5, 0.6) is 0 Å². The highest BCUT2D eigenvalue weighted by Gasteiger charge is 2.14. The van der Waals surface area contributed by atoms with Crippen LogP contribution in [0, 0.1) is 0 Å². The molecule has 0 saturated heterocycles. The molecule has 0 atom stereocenters. The highest BCUT2D eigenvalue weighted by Crippen LogP contribution is 2.33. The molecule has 2 aromatic heterocycles. The lowest BCUT2D eigenvalue weighted by Crippen LogP contribution is -2.23. The number of thiophene rings is 1. The van der Waals surface area contributed by atoms with Gasteiger partial charge >= 0.3 is 0 Å². The molecule has 0 radical (unpaired) electrons.